The van der Waals surface area contributed by atoms with E-state index in [1.54, 1.807) is 0 Å². The lowest BCUT2D eigenvalue weighted by molar-refractivity contribution is -0.142. The Bertz CT molecular complexity index is 212. The molecule has 1 aliphatic heterocycles. The van der Waals surface area contributed by atoms with Crippen molar-refractivity contribution < 1.29 is 9.90 Å². The van der Waals surface area contributed by atoms with E-state index in [9.17, 15) is 4.79 Å². The molecule has 1 saturated heterocycles. The molecule has 0 aromatic rings. The highest BCUT2D eigenvalue weighted by Crippen LogP contribution is 2.38. The van der Waals surface area contributed by atoms with Crippen LogP contribution < -0.4 is 5.73 Å². The van der Waals surface area contributed by atoms with E-state index in [1.165, 1.54) is 12.2 Å². The first-order valence-electron chi connectivity index (χ1n) is 5.02. The fourth-order valence-corrected chi connectivity index (χ4v) is 3.32. The maximum atomic E-state index is 10.9. The minimum atomic E-state index is -0.884. The summed E-state index contributed by atoms with van der Waals surface area (Å²) in [5, 5.41) is 8.92. The number of carboxylic acids is 1. The third-order valence-electron chi connectivity index (χ3n) is 3.28. The molecule has 1 heterocycles. The number of carboxylic acid groups (broad SMARTS) is 1. The van der Waals surface area contributed by atoms with Crippen LogP contribution in [0, 0.1) is 11.3 Å². The van der Waals surface area contributed by atoms with Crippen molar-refractivity contribution >= 4 is 17.7 Å². The Morgan fingerprint density at radius 2 is 2.29 bits per heavy atom. The van der Waals surface area contributed by atoms with Gasteiger partial charge in [0.05, 0.1) is 0 Å². The molecule has 3 N–H and O–H groups in total. The van der Waals surface area contributed by atoms with Gasteiger partial charge in [-0.15, -0.1) is 0 Å². The van der Waals surface area contributed by atoms with Crippen LogP contribution in [0.2, 0.25) is 0 Å². The monoisotopic (exact) mass is 217 g/mol. The highest BCUT2D eigenvalue weighted by molar-refractivity contribution is 7.99. The second-order valence-electron chi connectivity index (χ2n) is 4.55. The van der Waals surface area contributed by atoms with Crippen molar-refractivity contribution in [1.29, 1.82) is 0 Å². The summed E-state index contributed by atoms with van der Waals surface area (Å²) in [6.07, 6.45) is 2.30. The molecule has 2 unspecified atom stereocenters. The Morgan fingerprint density at radius 3 is 2.71 bits per heavy atom. The predicted octanol–water partition coefficient (Wildman–Crippen LogP) is 1.57. The molecule has 0 aromatic heterocycles. The average Bonchev–Trinajstić information content (AvgIpc) is 2.18. The number of thioether (sulfide) groups is 1. The van der Waals surface area contributed by atoms with Crippen molar-refractivity contribution in [3.05, 3.63) is 0 Å². The molecule has 1 rings (SSSR count). The van der Waals surface area contributed by atoms with Gasteiger partial charge in [0.25, 0.3) is 0 Å². The Labute approximate surface area is 89.4 Å². The molecule has 1 aliphatic rings. The van der Waals surface area contributed by atoms with Crippen LogP contribution in [-0.2, 0) is 4.79 Å². The first kappa shape index (κ1) is 11.9. The van der Waals surface area contributed by atoms with Gasteiger partial charge in [-0.05, 0) is 35.7 Å². The lowest BCUT2D eigenvalue weighted by Crippen LogP contribution is -2.49. The standard InChI is InChI=1S/C10H19NO2S/c1-10(2,8(11)9(12)13)7-4-3-5-14-6-7/h7-8H,3-6,11H2,1-2H3,(H,12,13). The molecule has 1 fully saturated rings. The zero-order valence-corrected chi connectivity index (χ0v) is 9.64. The zero-order valence-electron chi connectivity index (χ0n) is 8.82. The van der Waals surface area contributed by atoms with Crippen molar-refractivity contribution in [3.8, 4) is 0 Å². The van der Waals surface area contributed by atoms with Gasteiger partial charge >= 0.3 is 5.97 Å². The van der Waals surface area contributed by atoms with E-state index in [-0.39, 0.29) is 5.41 Å². The van der Waals surface area contributed by atoms with Gasteiger partial charge in [0.2, 0.25) is 0 Å². The van der Waals surface area contributed by atoms with Crippen LogP contribution in [0.1, 0.15) is 26.7 Å². The van der Waals surface area contributed by atoms with E-state index in [0.717, 1.165) is 12.2 Å². The summed E-state index contributed by atoms with van der Waals surface area (Å²) in [6.45, 7) is 3.95. The largest absolute Gasteiger partial charge is 0.480 e. The minimum absolute atomic E-state index is 0.292. The normalized spacial score (nSPS) is 25.8. The van der Waals surface area contributed by atoms with Crippen molar-refractivity contribution in [2.45, 2.75) is 32.7 Å². The van der Waals surface area contributed by atoms with Crippen LogP contribution in [-0.4, -0.2) is 28.6 Å². The summed E-state index contributed by atoms with van der Waals surface area (Å²) in [5.74, 6) is 1.81. The number of carbonyl (C=O) groups is 1. The summed E-state index contributed by atoms with van der Waals surface area (Å²) < 4.78 is 0. The smallest absolute Gasteiger partial charge is 0.321 e. The van der Waals surface area contributed by atoms with Gasteiger partial charge in [-0.3, -0.25) is 4.79 Å². The number of hydrogen-bond donors (Lipinski definition) is 2. The highest BCUT2D eigenvalue weighted by atomic mass is 32.2. The van der Waals surface area contributed by atoms with E-state index in [0.29, 0.717) is 5.92 Å². The molecule has 2 atom stereocenters. The van der Waals surface area contributed by atoms with Crippen LogP contribution >= 0.6 is 11.8 Å². The summed E-state index contributed by atoms with van der Waals surface area (Å²) in [5.41, 5.74) is 5.42. The molecule has 0 radical (unpaired) electrons. The topological polar surface area (TPSA) is 63.3 Å². The van der Waals surface area contributed by atoms with Crippen LogP contribution in [0.3, 0.4) is 0 Å². The van der Waals surface area contributed by atoms with Gasteiger partial charge in [-0.25, -0.2) is 0 Å². The van der Waals surface area contributed by atoms with Crippen LogP contribution in [0.15, 0.2) is 0 Å². The molecule has 3 nitrogen and oxygen atoms in total. The van der Waals surface area contributed by atoms with E-state index in [2.05, 4.69) is 0 Å². The third-order valence-corrected chi connectivity index (χ3v) is 4.50. The van der Waals surface area contributed by atoms with E-state index < -0.39 is 12.0 Å². The first-order valence-corrected chi connectivity index (χ1v) is 6.18. The molecule has 0 aliphatic carbocycles. The van der Waals surface area contributed by atoms with E-state index in [4.69, 9.17) is 10.8 Å². The Hall–Kier alpha value is -0.220. The summed E-state index contributed by atoms with van der Waals surface area (Å²) in [4.78, 5) is 10.9. The molecule has 0 aromatic carbocycles. The van der Waals surface area contributed by atoms with Crippen LogP contribution in [0.4, 0.5) is 0 Å². The predicted molar refractivity (Wildman–Crippen MR) is 59.4 cm³/mol. The van der Waals surface area contributed by atoms with Gasteiger partial charge in [0.1, 0.15) is 6.04 Å². The molecule has 0 bridgehead atoms. The number of nitrogens with two attached hydrogens (primary N) is 1. The zero-order chi connectivity index (χ0) is 10.8. The van der Waals surface area contributed by atoms with Gasteiger partial charge in [0.15, 0.2) is 0 Å². The second kappa shape index (κ2) is 4.53. The maximum absolute atomic E-state index is 10.9. The van der Waals surface area contributed by atoms with Crippen LogP contribution in [0.5, 0.6) is 0 Å². The number of aliphatic carboxylic acids is 1. The molecule has 82 valence electrons. The first-order chi connectivity index (χ1) is 6.46. The summed E-state index contributed by atoms with van der Waals surface area (Å²) >= 11 is 1.91. The number of rotatable bonds is 3. The fraction of sp³-hybridized carbons (Fsp3) is 0.900. The van der Waals surface area contributed by atoms with Gasteiger partial charge in [-0.2, -0.15) is 11.8 Å². The van der Waals surface area contributed by atoms with Gasteiger partial charge in [0, 0.05) is 0 Å². The lowest BCUT2D eigenvalue weighted by atomic mass is 9.72. The second-order valence-corrected chi connectivity index (χ2v) is 5.70. The van der Waals surface area contributed by atoms with Crippen molar-refractivity contribution in [3.63, 3.8) is 0 Å². The molecular weight excluding hydrogens is 198 g/mol. The Balaban J connectivity index is 2.66. The van der Waals surface area contributed by atoms with Crippen LogP contribution in [0.25, 0.3) is 0 Å². The van der Waals surface area contributed by atoms with Crippen molar-refractivity contribution in [1.82, 2.24) is 0 Å². The molecule has 4 heteroatoms. The quantitative estimate of drug-likeness (QED) is 0.753. The fourth-order valence-electron chi connectivity index (χ4n) is 1.90. The lowest BCUT2D eigenvalue weighted by Gasteiger charge is -2.39. The highest BCUT2D eigenvalue weighted by Gasteiger charge is 2.39. The molecule has 14 heavy (non-hydrogen) atoms. The molecule has 0 saturated carbocycles. The molecule has 0 amide bonds. The average molecular weight is 217 g/mol. The third kappa shape index (κ3) is 2.42. The van der Waals surface area contributed by atoms with Crippen molar-refractivity contribution in [2.24, 2.45) is 17.1 Å². The van der Waals surface area contributed by atoms with Crippen molar-refractivity contribution in [2.75, 3.05) is 11.5 Å². The maximum Gasteiger partial charge on any atom is 0.321 e. The SMILES string of the molecule is CC(C)(C1CCCSC1)C(N)C(=O)O. The van der Waals surface area contributed by atoms with Gasteiger partial charge in [-0.1, -0.05) is 13.8 Å². The van der Waals surface area contributed by atoms with Gasteiger partial charge < -0.3 is 10.8 Å². The number of hydrogen-bond acceptors (Lipinski definition) is 3. The Morgan fingerprint density at radius 1 is 1.64 bits per heavy atom. The minimum Gasteiger partial charge on any atom is -0.480 e. The molecule has 0 spiro atoms. The molecular formula is C10H19NO2S. The summed E-state index contributed by atoms with van der Waals surface area (Å²) in [7, 11) is 0. The van der Waals surface area contributed by atoms with E-state index >= 15 is 0 Å². The van der Waals surface area contributed by atoms with E-state index in [1.807, 2.05) is 25.6 Å². The Kier molecular flexibility index (Phi) is 3.84. The summed E-state index contributed by atoms with van der Waals surface area (Å²) in [6, 6.07) is -0.744.